The van der Waals surface area contributed by atoms with Crippen LogP contribution >= 0.6 is 0 Å². The number of carbonyl (C=O) groups is 1. The lowest BCUT2D eigenvalue weighted by atomic mass is 10.1. The number of ether oxygens (including phenoxy) is 3. The van der Waals surface area contributed by atoms with Gasteiger partial charge in [0.25, 0.3) is 5.91 Å². The molecule has 132 valence electrons. The van der Waals surface area contributed by atoms with Crippen molar-refractivity contribution in [2.24, 2.45) is 0 Å². The van der Waals surface area contributed by atoms with Gasteiger partial charge in [0.1, 0.15) is 19.0 Å². The van der Waals surface area contributed by atoms with Crippen molar-refractivity contribution in [1.29, 1.82) is 0 Å². The summed E-state index contributed by atoms with van der Waals surface area (Å²) in [4.78, 5) is 12.5. The Morgan fingerprint density at radius 3 is 2.65 bits per heavy atom. The maximum atomic E-state index is 12.5. The summed E-state index contributed by atoms with van der Waals surface area (Å²) < 4.78 is 16.9. The molecule has 1 N–H and O–H groups in total. The second kappa shape index (κ2) is 6.96. The van der Waals surface area contributed by atoms with E-state index in [9.17, 15) is 4.79 Å². The molecule has 0 radical (unpaired) electrons. The number of carbonyl (C=O) groups excluding carboxylic acids is 1. The van der Waals surface area contributed by atoms with E-state index >= 15 is 0 Å². The smallest absolute Gasteiger partial charge is 0.265 e. The third-order valence-electron chi connectivity index (χ3n) is 4.23. The summed E-state index contributed by atoms with van der Waals surface area (Å²) in [6.07, 6.45) is -0.644. The van der Waals surface area contributed by atoms with Gasteiger partial charge in [0.15, 0.2) is 17.6 Å². The number of anilines is 1. The summed E-state index contributed by atoms with van der Waals surface area (Å²) in [6, 6.07) is 19.1. The van der Waals surface area contributed by atoms with Crippen LogP contribution in [0.25, 0.3) is 10.8 Å². The Bertz CT molecular complexity index is 948. The molecule has 0 aliphatic carbocycles. The third-order valence-corrected chi connectivity index (χ3v) is 4.23. The fourth-order valence-corrected chi connectivity index (χ4v) is 2.91. The van der Waals surface area contributed by atoms with E-state index in [0.717, 1.165) is 10.8 Å². The molecule has 0 spiro atoms. The molecular weight excluding hydrogens is 330 g/mol. The summed E-state index contributed by atoms with van der Waals surface area (Å²) in [5.74, 6) is 1.79. The lowest BCUT2D eigenvalue weighted by Gasteiger charge is -2.20. The summed E-state index contributed by atoms with van der Waals surface area (Å²) in [6.45, 7) is 2.77. The Morgan fingerprint density at radius 1 is 1.00 bits per heavy atom. The first-order valence-electron chi connectivity index (χ1n) is 8.55. The highest BCUT2D eigenvalue weighted by Gasteiger charge is 2.18. The maximum Gasteiger partial charge on any atom is 0.265 e. The van der Waals surface area contributed by atoms with E-state index in [-0.39, 0.29) is 5.91 Å². The molecule has 1 heterocycles. The van der Waals surface area contributed by atoms with E-state index in [2.05, 4.69) is 5.32 Å². The van der Waals surface area contributed by atoms with Crippen molar-refractivity contribution in [3.63, 3.8) is 0 Å². The van der Waals surface area contributed by atoms with Crippen LogP contribution in [0.3, 0.4) is 0 Å². The number of fused-ring (bicyclic) bond motifs is 2. The molecule has 0 fully saturated rings. The minimum Gasteiger partial charge on any atom is -0.486 e. The van der Waals surface area contributed by atoms with Crippen LogP contribution in [0.5, 0.6) is 17.2 Å². The molecule has 1 atom stereocenters. The SMILES string of the molecule is C[C@@H](Oc1cccc2ccccc12)C(=O)Nc1ccc2c(c1)OCCO2. The van der Waals surface area contributed by atoms with Crippen LogP contribution in [0.1, 0.15) is 6.92 Å². The molecule has 0 aromatic heterocycles. The zero-order chi connectivity index (χ0) is 17.9. The highest BCUT2D eigenvalue weighted by Crippen LogP contribution is 2.32. The Morgan fingerprint density at radius 2 is 1.77 bits per heavy atom. The van der Waals surface area contributed by atoms with E-state index in [0.29, 0.717) is 36.1 Å². The van der Waals surface area contributed by atoms with Gasteiger partial charge in [-0.25, -0.2) is 0 Å². The van der Waals surface area contributed by atoms with Crippen molar-refractivity contribution in [3.8, 4) is 17.2 Å². The summed E-state index contributed by atoms with van der Waals surface area (Å²) in [5, 5.41) is 4.91. The van der Waals surface area contributed by atoms with Crippen molar-refractivity contribution in [3.05, 3.63) is 60.7 Å². The van der Waals surface area contributed by atoms with E-state index in [1.165, 1.54) is 0 Å². The third kappa shape index (κ3) is 3.28. The molecule has 1 aliphatic rings. The van der Waals surface area contributed by atoms with E-state index in [4.69, 9.17) is 14.2 Å². The molecule has 0 saturated heterocycles. The predicted octanol–water partition coefficient (Wildman–Crippen LogP) is 4.02. The number of amides is 1. The van der Waals surface area contributed by atoms with E-state index in [1.807, 2.05) is 42.5 Å². The topological polar surface area (TPSA) is 56.8 Å². The van der Waals surface area contributed by atoms with Gasteiger partial charge in [-0.1, -0.05) is 36.4 Å². The Labute approximate surface area is 151 Å². The average Bonchev–Trinajstić information content (AvgIpc) is 2.68. The fraction of sp³-hybridized carbons (Fsp3) is 0.190. The van der Waals surface area contributed by atoms with Gasteiger partial charge in [-0.15, -0.1) is 0 Å². The number of rotatable bonds is 4. The standard InChI is InChI=1S/C21H19NO4/c1-14(26-18-8-4-6-15-5-2-3-7-17(15)18)21(23)22-16-9-10-19-20(13-16)25-12-11-24-19/h2-10,13-14H,11-12H2,1H3,(H,22,23)/t14-/m1/s1. The number of hydrogen-bond acceptors (Lipinski definition) is 4. The van der Waals surface area contributed by atoms with E-state index in [1.54, 1.807) is 25.1 Å². The zero-order valence-corrected chi connectivity index (χ0v) is 14.4. The molecule has 0 unspecified atom stereocenters. The molecule has 3 aromatic rings. The second-order valence-corrected chi connectivity index (χ2v) is 6.09. The maximum absolute atomic E-state index is 12.5. The first-order valence-corrected chi connectivity index (χ1v) is 8.55. The molecule has 1 aliphatic heterocycles. The lowest BCUT2D eigenvalue weighted by Crippen LogP contribution is -2.30. The fourth-order valence-electron chi connectivity index (χ4n) is 2.91. The molecule has 0 bridgehead atoms. The Balaban J connectivity index is 1.48. The number of hydrogen-bond donors (Lipinski definition) is 1. The molecule has 3 aromatic carbocycles. The van der Waals surface area contributed by atoms with Gasteiger partial charge in [-0.2, -0.15) is 0 Å². The van der Waals surface area contributed by atoms with Crippen molar-refractivity contribution in [2.75, 3.05) is 18.5 Å². The highest BCUT2D eigenvalue weighted by molar-refractivity contribution is 5.95. The highest BCUT2D eigenvalue weighted by atomic mass is 16.6. The first-order chi connectivity index (χ1) is 12.7. The van der Waals surface area contributed by atoms with Gasteiger partial charge < -0.3 is 19.5 Å². The van der Waals surface area contributed by atoms with Gasteiger partial charge in [-0.3, -0.25) is 4.79 Å². The molecule has 5 heteroatoms. The molecule has 1 amide bonds. The number of benzene rings is 3. The van der Waals surface area contributed by atoms with Gasteiger partial charge >= 0.3 is 0 Å². The largest absolute Gasteiger partial charge is 0.486 e. The molecule has 26 heavy (non-hydrogen) atoms. The molecule has 0 saturated carbocycles. The second-order valence-electron chi connectivity index (χ2n) is 6.09. The lowest BCUT2D eigenvalue weighted by molar-refractivity contribution is -0.122. The van der Waals surface area contributed by atoms with Crippen LogP contribution in [-0.2, 0) is 4.79 Å². The quantitative estimate of drug-likeness (QED) is 0.773. The minimum absolute atomic E-state index is 0.227. The van der Waals surface area contributed by atoms with Crippen molar-refractivity contribution < 1.29 is 19.0 Å². The molecular formula is C21H19NO4. The van der Waals surface area contributed by atoms with Gasteiger partial charge in [0.2, 0.25) is 0 Å². The summed E-state index contributed by atoms with van der Waals surface area (Å²) in [7, 11) is 0. The van der Waals surface area contributed by atoms with Crippen molar-refractivity contribution in [2.45, 2.75) is 13.0 Å². The number of nitrogens with one attached hydrogen (secondary N) is 1. The zero-order valence-electron chi connectivity index (χ0n) is 14.4. The first kappa shape index (κ1) is 16.3. The van der Waals surface area contributed by atoms with Crippen LogP contribution < -0.4 is 19.5 Å². The van der Waals surface area contributed by atoms with Crippen molar-refractivity contribution in [1.82, 2.24) is 0 Å². The average molecular weight is 349 g/mol. The van der Waals surface area contributed by atoms with Crippen molar-refractivity contribution >= 4 is 22.4 Å². The van der Waals surface area contributed by atoms with Crippen LogP contribution in [0.2, 0.25) is 0 Å². The van der Waals surface area contributed by atoms with Gasteiger partial charge in [0.05, 0.1) is 0 Å². The normalized spacial score (nSPS) is 13.9. The van der Waals surface area contributed by atoms with Crippen LogP contribution in [0, 0.1) is 0 Å². The summed E-state index contributed by atoms with van der Waals surface area (Å²) in [5.41, 5.74) is 0.646. The van der Waals surface area contributed by atoms with Gasteiger partial charge in [0, 0.05) is 17.1 Å². The van der Waals surface area contributed by atoms with Gasteiger partial charge in [-0.05, 0) is 30.5 Å². The monoisotopic (exact) mass is 349 g/mol. The predicted molar refractivity (Wildman–Crippen MR) is 100 cm³/mol. The molecule has 4 rings (SSSR count). The molecule has 5 nitrogen and oxygen atoms in total. The Kier molecular flexibility index (Phi) is 4.35. The minimum atomic E-state index is -0.644. The van der Waals surface area contributed by atoms with Crippen LogP contribution in [-0.4, -0.2) is 25.2 Å². The van der Waals surface area contributed by atoms with Crippen LogP contribution in [0.15, 0.2) is 60.7 Å². The summed E-state index contributed by atoms with van der Waals surface area (Å²) >= 11 is 0. The Hall–Kier alpha value is -3.21. The van der Waals surface area contributed by atoms with Crippen LogP contribution in [0.4, 0.5) is 5.69 Å². The van der Waals surface area contributed by atoms with E-state index < -0.39 is 6.10 Å².